The van der Waals surface area contributed by atoms with E-state index < -0.39 is 7.14 Å². The van der Waals surface area contributed by atoms with Crippen LogP contribution in [0, 0.1) is 0 Å². The van der Waals surface area contributed by atoms with E-state index >= 15 is 0 Å². The second kappa shape index (κ2) is 10.3. The normalized spacial score (nSPS) is 11.9. The molecule has 31 heavy (non-hydrogen) atoms. The Bertz CT molecular complexity index is 1130. The lowest BCUT2D eigenvalue weighted by Gasteiger charge is -2.09. The molecular formula is C22H32N4O4P+. The lowest BCUT2D eigenvalue weighted by molar-refractivity contribution is -0.676. The monoisotopic (exact) mass is 447 g/mol. The van der Waals surface area contributed by atoms with Gasteiger partial charge in [-0.2, -0.15) is 0 Å². The third kappa shape index (κ3) is 5.85. The lowest BCUT2D eigenvalue weighted by atomic mass is 10.3. The van der Waals surface area contributed by atoms with Gasteiger partial charge in [-0.1, -0.05) is 6.07 Å². The van der Waals surface area contributed by atoms with Crippen molar-refractivity contribution in [2.24, 2.45) is 5.73 Å². The molecule has 3 rings (SSSR count). The Morgan fingerprint density at radius 2 is 1.90 bits per heavy atom. The van der Waals surface area contributed by atoms with Gasteiger partial charge in [0, 0.05) is 24.9 Å². The molecule has 2 aromatic heterocycles. The van der Waals surface area contributed by atoms with Gasteiger partial charge in [-0.3, -0.25) is 4.79 Å². The first-order chi connectivity index (χ1) is 14.8. The zero-order valence-electron chi connectivity index (χ0n) is 18.5. The molecule has 0 aliphatic heterocycles. The molecule has 0 spiro atoms. The zero-order chi connectivity index (χ0) is 22.4. The van der Waals surface area contributed by atoms with Gasteiger partial charge < -0.3 is 24.3 Å². The fourth-order valence-corrected chi connectivity index (χ4v) is 4.04. The number of benzene rings is 1. The molecule has 0 bridgehead atoms. The van der Waals surface area contributed by atoms with Gasteiger partial charge in [0.05, 0.1) is 26.3 Å². The SMILES string of the molecule is CC[n+]1c(CN)n(CCOCCn2ccccc2=O)c2cc(OCP(C)(C)=O)ccc21. The molecule has 2 heterocycles. The quantitative estimate of drug-likeness (QED) is 0.277. The first-order valence-corrected chi connectivity index (χ1v) is 13.3. The second-order valence-corrected chi connectivity index (χ2v) is 11.3. The summed E-state index contributed by atoms with van der Waals surface area (Å²) < 4.78 is 29.6. The van der Waals surface area contributed by atoms with Crippen molar-refractivity contribution in [2.45, 2.75) is 33.1 Å². The Morgan fingerprint density at radius 3 is 2.58 bits per heavy atom. The van der Waals surface area contributed by atoms with Crippen molar-refractivity contribution >= 4 is 18.2 Å². The fourth-order valence-electron chi connectivity index (χ4n) is 3.58. The molecule has 1 aromatic carbocycles. The first kappa shape index (κ1) is 23.3. The predicted molar refractivity (Wildman–Crippen MR) is 122 cm³/mol. The number of nitrogens with zero attached hydrogens (tertiary/aromatic N) is 3. The number of nitrogens with two attached hydrogens (primary N) is 1. The van der Waals surface area contributed by atoms with E-state index in [1.54, 1.807) is 36.2 Å². The summed E-state index contributed by atoms with van der Waals surface area (Å²) in [7, 11) is -2.27. The number of hydrogen-bond acceptors (Lipinski definition) is 5. The van der Waals surface area contributed by atoms with E-state index in [1.807, 2.05) is 24.3 Å². The van der Waals surface area contributed by atoms with Gasteiger partial charge in [-0.15, -0.1) is 0 Å². The van der Waals surface area contributed by atoms with Crippen LogP contribution in [0.25, 0.3) is 11.0 Å². The van der Waals surface area contributed by atoms with Crippen molar-refractivity contribution in [2.75, 3.05) is 32.9 Å². The average Bonchev–Trinajstić information content (AvgIpc) is 3.04. The van der Waals surface area contributed by atoms with Crippen LogP contribution < -0.4 is 20.6 Å². The highest BCUT2D eigenvalue weighted by molar-refractivity contribution is 7.62. The summed E-state index contributed by atoms with van der Waals surface area (Å²) in [6, 6.07) is 11.0. The molecule has 8 nitrogen and oxygen atoms in total. The summed E-state index contributed by atoms with van der Waals surface area (Å²) in [6.07, 6.45) is 1.97. The maximum atomic E-state index is 12.0. The fraction of sp³-hybridized carbons (Fsp3) is 0.455. The standard InChI is InChI=1S/C22H32N4O4P/c1-4-25-19-9-8-18(30-17-31(2,3)28)15-20(19)26(21(25)16-23)12-14-29-13-11-24-10-6-5-7-22(24)27/h5-10,15H,4,11-14,16-17,23H2,1-3H3/q+1. The number of pyridine rings is 1. The van der Waals surface area contributed by atoms with Crippen LogP contribution in [-0.4, -0.2) is 42.0 Å². The van der Waals surface area contributed by atoms with Crippen LogP contribution in [0.2, 0.25) is 0 Å². The molecular weight excluding hydrogens is 415 g/mol. The summed E-state index contributed by atoms with van der Waals surface area (Å²) in [6.45, 7) is 8.80. The van der Waals surface area contributed by atoms with Gasteiger partial charge in [0.15, 0.2) is 11.0 Å². The maximum Gasteiger partial charge on any atom is 0.271 e. The van der Waals surface area contributed by atoms with Gasteiger partial charge in [0.25, 0.3) is 11.4 Å². The molecule has 0 amide bonds. The van der Waals surface area contributed by atoms with Gasteiger partial charge in [0.2, 0.25) is 0 Å². The highest BCUT2D eigenvalue weighted by Crippen LogP contribution is 2.36. The number of aryl methyl sites for hydroxylation is 1. The van der Waals surface area contributed by atoms with Gasteiger partial charge in [-0.25, -0.2) is 9.13 Å². The van der Waals surface area contributed by atoms with Gasteiger partial charge in [-0.05, 0) is 38.5 Å². The molecule has 0 atom stereocenters. The number of rotatable bonds is 11. The summed E-state index contributed by atoms with van der Waals surface area (Å²) >= 11 is 0. The largest absolute Gasteiger partial charge is 0.486 e. The smallest absolute Gasteiger partial charge is 0.271 e. The zero-order valence-corrected chi connectivity index (χ0v) is 19.4. The lowest BCUT2D eigenvalue weighted by Crippen LogP contribution is -2.38. The van der Waals surface area contributed by atoms with Crippen molar-refractivity contribution in [1.82, 2.24) is 9.13 Å². The van der Waals surface area contributed by atoms with Crippen molar-refractivity contribution in [1.29, 1.82) is 0 Å². The third-order valence-electron chi connectivity index (χ3n) is 5.03. The molecule has 9 heteroatoms. The van der Waals surface area contributed by atoms with E-state index in [2.05, 4.69) is 16.1 Å². The molecule has 168 valence electrons. The van der Waals surface area contributed by atoms with Crippen molar-refractivity contribution < 1.29 is 18.6 Å². The number of aromatic nitrogens is 3. The van der Waals surface area contributed by atoms with E-state index in [1.165, 1.54) is 0 Å². The summed E-state index contributed by atoms with van der Waals surface area (Å²) in [5, 5.41) is 0. The molecule has 3 aromatic rings. The van der Waals surface area contributed by atoms with Crippen molar-refractivity contribution in [3.8, 4) is 5.75 Å². The second-order valence-electron chi connectivity index (χ2n) is 7.86. The number of fused-ring (bicyclic) bond motifs is 1. The van der Waals surface area contributed by atoms with Gasteiger partial charge >= 0.3 is 0 Å². The number of hydrogen-bond donors (Lipinski definition) is 1. The number of imidazole rings is 1. The molecule has 0 aliphatic carbocycles. The predicted octanol–water partition coefficient (Wildman–Crippen LogP) is 2.24. The molecule has 0 fully saturated rings. The maximum absolute atomic E-state index is 12.0. The molecule has 0 unspecified atom stereocenters. The summed E-state index contributed by atoms with van der Waals surface area (Å²) in [5.41, 5.74) is 8.12. The van der Waals surface area contributed by atoms with E-state index in [0.717, 1.165) is 23.4 Å². The summed E-state index contributed by atoms with van der Waals surface area (Å²) in [4.78, 5) is 11.8. The van der Waals surface area contributed by atoms with Crippen molar-refractivity contribution in [3.05, 3.63) is 58.8 Å². The summed E-state index contributed by atoms with van der Waals surface area (Å²) in [5.74, 6) is 1.69. The number of ether oxygens (including phenoxy) is 2. The van der Waals surface area contributed by atoms with Crippen LogP contribution in [0.1, 0.15) is 12.7 Å². The van der Waals surface area contributed by atoms with Crippen LogP contribution in [-0.2, 0) is 35.5 Å². The average molecular weight is 447 g/mol. The highest BCUT2D eigenvalue weighted by Gasteiger charge is 2.23. The van der Waals surface area contributed by atoms with Crippen LogP contribution in [0.3, 0.4) is 0 Å². The van der Waals surface area contributed by atoms with E-state index in [9.17, 15) is 9.36 Å². The van der Waals surface area contributed by atoms with Crippen LogP contribution in [0.4, 0.5) is 0 Å². The minimum Gasteiger partial charge on any atom is -0.486 e. The van der Waals surface area contributed by atoms with Crippen molar-refractivity contribution in [3.63, 3.8) is 0 Å². The minimum absolute atomic E-state index is 0.0341. The van der Waals surface area contributed by atoms with E-state index in [4.69, 9.17) is 15.2 Å². The third-order valence-corrected chi connectivity index (χ3v) is 5.78. The Balaban J connectivity index is 1.74. The Morgan fingerprint density at radius 1 is 1.13 bits per heavy atom. The van der Waals surface area contributed by atoms with Gasteiger partial charge in [0.1, 0.15) is 25.8 Å². The molecule has 0 saturated carbocycles. The van der Waals surface area contributed by atoms with E-state index in [-0.39, 0.29) is 11.9 Å². The van der Waals surface area contributed by atoms with Crippen LogP contribution in [0.15, 0.2) is 47.4 Å². The molecule has 0 radical (unpaired) electrons. The molecule has 2 N–H and O–H groups in total. The van der Waals surface area contributed by atoms with Crippen LogP contribution in [0.5, 0.6) is 5.75 Å². The van der Waals surface area contributed by atoms with E-state index in [0.29, 0.717) is 38.6 Å². The Labute approximate surface area is 182 Å². The Kier molecular flexibility index (Phi) is 7.70. The minimum atomic E-state index is -2.27. The molecule has 0 saturated heterocycles. The van der Waals surface area contributed by atoms with Crippen LogP contribution >= 0.6 is 7.14 Å². The Hall–Kier alpha value is -2.41. The molecule has 0 aliphatic rings. The highest BCUT2D eigenvalue weighted by atomic mass is 31.2. The topological polar surface area (TPSA) is 92.4 Å². The first-order valence-electron chi connectivity index (χ1n) is 10.5.